The van der Waals surface area contributed by atoms with Crippen LogP contribution in [-0.2, 0) is 9.59 Å². The van der Waals surface area contributed by atoms with Crippen molar-refractivity contribution in [2.45, 2.75) is 26.7 Å². The number of carbonyl (C=O) groups excluding carboxylic acids is 2. The molecule has 0 radical (unpaired) electrons. The number of nitrogens with zero attached hydrogens (tertiary/aromatic N) is 3. The number of benzene rings is 2. The maximum Gasteiger partial charge on any atom is 0.242 e. The second-order valence-electron chi connectivity index (χ2n) is 7.52. The van der Waals surface area contributed by atoms with Gasteiger partial charge in [-0.1, -0.05) is 50.2 Å². The Morgan fingerprint density at radius 2 is 1.54 bits per heavy atom. The minimum Gasteiger partial charge on any atom is -0.368 e. The van der Waals surface area contributed by atoms with Gasteiger partial charge in [-0.05, 0) is 29.7 Å². The Hall–Kier alpha value is -2.82. The van der Waals surface area contributed by atoms with Crippen molar-refractivity contribution >= 4 is 23.2 Å². The first-order valence-corrected chi connectivity index (χ1v) is 9.92. The van der Waals surface area contributed by atoms with Crippen molar-refractivity contribution in [3.8, 4) is 0 Å². The van der Waals surface area contributed by atoms with Gasteiger partial charge in [-0.15, -0.1) is 0 Å². The van der Waals surface area contributed by atoms with E-state index in [0.29, 0.717) is 13.1 Å². The molecular weight excluding hydrogens is 350 g/mol. The molecule has 0 spiro atoms. The third-order valence-corrected chi connectivity index (χ3v) is 5.28. The van der Waals surface area contributed by atoms with E-state index in [1.165, 1.54) is 12.6 Å². The third kappa shape index (κ3) is 4.53. The average molecular weight is 380 g/mol. The standard InChI is InChI=1S/C23H29N3O2/c1-18(2)21-11-7-8-12-22(21)26(19(3)27)17-23(28)25-15-13-24(14-16-25)20-9-5-4-6-10-20/h4-12,18H,13-17H2,1-3H3. The number of hydrogen-bond donors (Lipinski definition) is 0. The number of anilines is 2. The number of amides is 2. The lowest BCUT2D eigenvalue weighted by Gasteiger charge is -2.37. The van der Waals surface area contributed by atoms with E-state index in [2.05, 4.69) is 30.9 Å². The Bertz CT molecular complexity index is 812. The topological polar surface area (TPSA) is 43.9 Å². The largest absolute Gasteiger partial charge is 0.368 e. The van der Waals surface area contributed by atoms with Crippen LogP contribution in [0.2, 0.25) is 0 Å². The first-order chi connectivity index (χ1) is 13.5. The van der Waals surface area contributed by atoms with Crippen molar-refractivity contribution in [1.82, 2.24) is 4.90 Å². The molecule has 1 heterocycles. The lowest BCUT2D eigenvalue weighted by atomic mass is 10.0. The molecule has 3 rings (SSSR count). The molecule has 5 nitrogen and oxygen atoms in total. The molecule has 148 valence electrons. The molecule has 2 aromatic carbocycles. The van der Waals surface area contributed by atoms with Crippen molar-refractivity contribution in [2.24, 2.45) is 0 Å². The van der Waals surface area contributed by atoms with Crippen molar-refractivity contribution in [2.75, 3.05) is 42.5 Å². The van der Waals surface area contributed by atoms with Crippen molar-refractivity contribution in [3.63, 3.8) is 0 Å². The fourth-order valence-electron chi connectivity index (χ4n) is 3.68. The van der Waals surface area contributed by atoms with Gasteiger partial charge in [-0.3, -0.25) is 9.59 Å². The molecule has 0 N–H and O–H groups in total. The van der Waals surface area contributed by atoms with Gasteiger partial charge in [-0.25, -0.2) is 0 Å². The summed E-state index contributed by atoms with van der Waals surface area (Å²) in [7, 11) is 0. The van der Waals surface area contributed by atoms with E-state index >= 15 is 0 Å². The molecule has 0 saturated carbocycles. The summed E-state index contributed by atoms with van der Waals surface area (Å²) >= 11 is 0. The Morgan fingerprint density at radius 3 is 2.14 bits per heavy atom. The van der Waals surface area contributed by atoms with Gasteiger partial charge < -0.3 is 14.7 Å². The summed E-state index contributed by atoms with van der Waals surface area (Å²) < 4.78 is 0. The zero-order valence-corrected chi connectivity index (χ0v) is 17.0. The van der Waals surface area contributed by atoms with Crippen molar-refractivity contribution in [1.29, 1.82) is 0 Å². The SMILES string of the molecule is CC(=O)N(CC(=O)N1CCN(c2ccccc2)CC1)c1ccccc1C(C)C. The Balaban J connectivity index is 1.67. The molecule has 28 heavy (non-hydrogen) atoms. The summed E-state index contributed by atoms with van der Waals surface area (Å²) in [6.45, 7) is 8.76. The van der Waals surface area contributed by atoms with Crippen LogP contribution in [0.25, 0.3) is 0 Å². The third-order valence-electron chi connectivity index (χ3n) is 5.28. The van der Waals surface area contributed by atoms with Gasteiger partial charge in [0.25, 0.3) is 0 Å². The maximum absolute atomic E-state index is 12.9. The molecule has 1 aliphatic rings. The van der Waals surface area contributed by atoms with E-state index in [4.69, 9.17) is 0 Å². The van der Waals surface area contributed by atoms with E-state index in [-0.39, 0.29) is 24.3 Å². The molecule has 0 aromatic heterocycles. The summed E-state index contributed by atoms with van der Waals surface area (Å²) in [5.41, 5.74) is 3.10. The van der Waals surface area contributed by atoms with Crippen LogP contribution in [0, 0.1) is 0 Å². The quantitative estimate of drug-likeness (QED) is 0.798. The van der Waals surface area contributed by atoms with Crippen LogP contribution >= 0.6 is 0 Å². The fourth-order valence-corrected chi connectivity index (χ4v) is 3.68. The molecule has 0 aliphatic carbocycles. The van der Waals surface area contributed by atoms with Gasteiger partial charge >= 0.3 is 0 Å². The molecule has 1 saturated heterocycles. The Kier molecular flexibility index (Phi) is 6.34. The first-order valence-electron chi connectivity index (χ1n) is 9.92. The van der Waals surface area contributed by atoms with Gasteiger partial charge in [0.2, 0.25) is 11.8 Å². The predicted molar refractivity (Wildman–Crippen MR) is 114 cm³/mol. The molecule has 1 fully saturated rings. The Morgan fingerprint density at radius 1 is 0.929 bits per heavy atom. The van der Waals surface area contributed by atoms with Crippen LogP contribution < -0.4 is 9.80 Å². The van der Waals surface area contributed by atoms with E-state index in [9.17, 15) is 9.59 Å². The van der Waals surface area contributed by atoms with E-state index in [0.717, 1.165) is 24.3 Å². The van der Waals surface area contributed by atoms with E-state index < -0.39 is 0 Å². The number of rotatable bonds is 5. The number of hydrogen-bond acceptors (Lipinski definition) is 3. The minimum absolute atomic E-state index is 0.00136. The van der Waals surface area contributed by atoms with Gasteiger partial charge in [0, 0.05) is 44.5 Å². The molecular formula is C23H29N3O2. The first kappa shape index (κ1) is 19.9. The van der Waals surface area contributed by atoms with Gasteiger partial charge in [0.05, 0.1) is 0 Å². The molecule has 2 aromatic rings. The van der Waals surface area contributed by atoms with E-state index in [1.807, 2.05) is 47.4 Å². The summed E-state index contributed by atoms with van der Waals surface area (Å²) in [5.74, 6) is 0.174. The van der Waals surface area contributed by atoms with Gasteiger partial charge in [-0.2, -0.15) is 0 Å². The highest BCUT2D eigenvalue weighted by molar-refractivity contribution is 5.98. The highest BCUT2D eigenvalue weighted by Gasteiger charge is 2.25. The minimum atomic E-state index is -0.107. The maximum atomic E-state index is 12.9. The summed E-state index contributed by atoms with van der Waals surface area (Å²) in [6.07, 6.45) is 0. The van der Waals surface area contributed by atoms with E-state index in [1.54, 1.807) is 4.90 Å². The molecule has 5 heteroatoms. The van der Waals surface area contributed by atoms with Crippen LogP contribution in [0.5, 0.6) is 0 Å². The molecule has 1 aliphatic heterocycles. The fraction of sp³-hybridized carbons (Fsp3) is 0.391. The summed E-state index contributed by atoms with van der Waals surface area (Å²) in [5, 5.41) is 0. The summed E-state index contributed by atoms with van der Waals surface area (Å²) in [6, 6.07) is 18.1. The number of para-hydroxylation sites is 2. The monoisotopic (exact) mass is 379 g/mol. The highest BCUT2D eigenvalue weighted by Crippen LogP contribution is 2.27. The lowest BCUT2D eigenvalue weighted by Crippen LogP contribution is -2.52. The summed E-state index contributed by atoms with van der Waals surface area (Å²) in [4.78, 5) is 31.0. The molecule has 0 bridgehead atoms. The van der Waals surface area contributed by atoms with Gasteiger partial charge in [0.1, 0.15) is 6.54 Å². The second kappa shape index (κ2) is 8.91. The Labute approximate surface area is 167 Å². The molecule has 2 amide bonds. The van der Waals surface area contributed by atoms with Gasteiger partial charge in [0.15, 0.2) is 0 Å². The number of carbonyl (C=O) groups is 2. The highest BCUT2D eigenvalue weighted by atomic mass is 16.2. The second-order valence-corrected chi connectivity index (χ2v) is 7.52. The van der Waals surface area contributed by atoms with Crippen molar-refractivity contribution < 1.29 is 9.59 Å². The van der Waals surface area contributed by atoms with Crippen LogP contribution in [0.4, 0.5) is 11.4 Å². The van der Waals surface area contributed by atoms with Crippen LogP contribution in [0.15, 0.2) is 54.6 Å². The average Bonchev–Trinajstić information content (AvgIpc) is 2.72. The molecule has 0 unspecified atom stereocenters. The smallest absolute Gasteiger partial charge is 0.242 e. The normalized spacial score (nSPS) is 14.3. The molecule has 0 atom stereocenters. The number of piperazine rings is 1. The lowest BCUT2D eigenvalue weighted by molar-refractivity contribution is -0.131. The van der Waals surface area contributed by atoms with Crippen LogP contribution in [-0.4, -0.2) is 49.4 Å². The zero-order chi connectivity index (χ0) is 20.1. The van der Waals surface area contributed by atoms with Crippen molar-refractivity contribution in [3.05, 3.63) is 60.2 Å². The van der Waals surface area contributed by atoms with Crippen LogP contribution in [0.1, 0.15) is 32.3 Å². The predicted octanol–water partition coefficient (Wildman–Crippen LogP) is 3.51. The van der Waals surface area contributed by atoms with Crippen LogP contribution in [0.3, 0.4) is 0 Å². The zero-order valence-electron chi connectivity index (χ0n) is 17.0.